The summed E-state index contributed by atoms with van der Waals surface area (Å²) in [7, 11) is 0. The predicted octanol–water partition coefficient (Wildman–Crippen LogP) is 2.75. The molecule has 0 radical (unpaired) electrons. The van der Waals surface area contributed by atoms with Gasteiger partial charge in [-0.25, -0.2) is 9.47 Å². The Hall–Kier alpha value is -2.07. The molecule has 1 amide bonds. The predicted molar refractivity (Wildman–Crippen MR) is 111 cm³/mol. The van der Waals surface area contributed by atoms with Crippen molar-refractivity contribution in [2.75, 3.05) is 23.5 Å². The summed E-state index contributed by atoms with van der Waals surface area (Å²) < 4.78 is 6.60. The van der Waals surface area contributed by atoms with E-state index in [-0.39, 0.29) is 23.0 Å². The zero-order chi connectivity index (χ0) is 20.5. The fraction of sp³-hybridized carbons (Fsp3) is 0.556. The summed E-state index contributed by atoms with van der Waals surface area (Å²) in [4.78, 5) is 26.0. The lowest BCUT2D eigenvalue weighted by atomic mass is 9.96. The van der Waals surface area contributed by atoms with E-state index in [1.54, 1.807) is 6.92 Å². The number of carbonyl (C=O) groups is 2. The molecule has 0 aliphatic heterocycles. The highest BCUT2D eigenvalue weighted by molar-refractivity contribution is 7.99. The largest absolute Gasteiger partial charge is 0.462 e. The van der Waals surface area contributed by atoms with Crippen molar-refractivity contribution in [1.82, 2.24) is 14.9 Å². The van der Waals surface area contributed by atoms with Crippen molar-refractivity contribution >= 4 is 40.0 Å². The number of amides is 1. The van der Waals surface area contributed by atoms with Gasteiger partial charge >= 0.3 is 5.97 Å². The van der Waals surface area contributed by atoms with Crippen LogP contribution in [0.15, 0.2) is 5.16 Å². The van der Waals surface area contributed by atoms with Crippen molar-refractivity contribution in [1.29, 1.82) is 0 Å². The Morgan fingerprint density at radius 1 is 1.32 bits per heavy atom. The van der Waals surface area contributed by atoms with Crippen LogP contribution in [0.5, 0.6) is 0 Å². The minimum absolute atomic E-state index is 0.115. The number of hydrogen-bond acceptors (Lipinski definition) is 8. The molecule has 0 spiro atoms. The first-order chi connectivity index (χ1) is 13.2. The van der Waals surface area contributed by atoms with E-state index in [2.05, 4.69) is 15.5 Å². The summed E-state index contributed by atoms with van der Waals surface area (Å²) in [6.07, 6.45) is 2.80. The van der Waals surface area contributed by atoms with Crippen LogP contribution in [-0.2, 0) is 27.8 Å². The Kier molecular flexibility index (Phi) is 5.99. The molecule has 28 heavy (non-hydrogen) atoms. The summed E-state index contributed by atoms with van der Waals surface area (Å²) in [5.74, 6) is 6.22. The monoisotopic (exact) mass is 423 g/mol. The second kappa shape index (κ2) is 8.12. The van der Waals surface area contributed by atoms with Crippen molar-refractivity contribution in [3.05, 3.63) is 21.8 Å². The summed E-state index contributed by atoms with van der Waals surface area (Å²) >= 11 is 2.67. The number of nitrogens with zero attached hydrogens (tertiary/aromatic N) is 3. The van der Waals surface area contributed by atoms with Crippen LogP contribution in [0.4, 0.5) is 5.00 Å². The number of aryl methyl sites for hydroxylation is 1. The SMILES string of the molecule is CCOC(=O)c1c(NC(=O)CSc2nnc(C(C)(C)C)n2N)sc2c1CCC2. The highest BCUT2D eigenvalue weighted by atomic mass is 32.2. The molecule has 0 bridgehead atoms. The van der Waals surface area contributed by atoms with Crippen molar-refractivity contribution in [2.45, 2.75) is 57.5 Å². The van der Waals surface area contributed by atoms with E-state index >= 15 is 0 Å². The fourth-order valence-corrected chi connectivity index (χ4v) is 5.04. The Balaban J connectivity index is 1.69. The summed E-state index contributed by atoms with van der Waals surface area (Å²) in [6.45, 7) is 8.06. The molecule has 0 fully saturated rings. The molecular weight excluding hydrogens is 398 g/mol. The third-order valence-corrected chi connectivity index (χ3v) is 6.47. The molecule has 8 nitrogen and oxygen atoms in total. The van der Waals surface area contributed by atoms with Gasteiger partial charge in [0.1, 0.15) is 5.00 Å². The summed E-state index contributed by atoms with van der Waals surface area (Å²) in [5.41, 5.74) is 1.28. The molecule has 2 aromatic heterocycles. The number of thioether (sulfide) groups is 1. The van der Waals surface area contributed by atoms with E-state index in [4.69, 9.17) is 10.6 Å². The van der Waals surface area contributed by atoms with E-state index in [1.165, 1.54) is 27.8 Å². The van der Waals surface area contributed by atoms with Crippen molar-refractivity contribution < 1.29 is 14.3 Å². The van der Waals surface area contributed by atoms with Crippen LogP contribution in [-0.4, -0.2) is 39.1 Å². The Labute approximate surface area is 172 Å². The number of aromatic nitrogens is 3. The van der Waals surface area contributed by atoms with E-state index < -0.39 is 0 Å². The van der Waals surface area contributed by atoms with Gasteiger partial charge in [-0.15, -0.1) is 21.5 Å². The normalized spacial score (nSPS) is 13.4. The molecule has 0 unspecified atom stereocenters. The number of nitrogens with two attached hydrogens (primary N) is 1. The van der Waals surface area contributed by atoms with E-state index in [1.807, 2.05) is 20.8 Å². The van der Waals surface area contributed by atoms with Gasteiger partial charge < -0.3 is 15.9 Å². The van der Waals surface area contributed by atoms with Crippen LogP contribution in [0.2, 0.25) is 0 Å². The first kappa shape index (κ1) is 20.7. The second-order valence-electron chi connectivity index (χ2n) is 7.54. The molecule has 3 rings (SSSR count). The van der Waals surface area contributed by atoms with Gasteiger partial charge in [-0.1, -0.05) is 32.5 Å². The molecule has 0 saturated carbocycles. The standard InChI is InChI=1S/C18H25N5O3S2/c1-5-26-15(25)13-10-7-6-8-11(10)28-14(13)20-12(24)9-27-17-22-21-16(23(17)19)18(2,3)4/h5-9,19H2,1-4H3,(H,20,24). The zero-order valence-corrected chi connectivity index (χ0v) is 18.1. The number of nitrogens with one attached hydrogen (secondary N) is 1. The van der Waals surface area contributed by atoms with Crippen LogP contribution >= 0.6 is 23.1 Å². The average molecular weight is 424 g/mol. The minimum Gasteiger partial charge on any atom is -0.462 e. The third-order valence-electron chi connectivity index (χ3n) is 4.32. The summed E-state index contributed by atoms with van der Waals surface area (Å²) in [5, 5.41) is 12.1. The van der Waals surface area contributed by atoms with Gasteiger partial charge in [0, 0.05) is 10.3 Å². The number of thiophene rings is 1. The van der Waals surface area contributed by atoms with Crippen molar-refractivity contribution in [3.8, 4) is 0 Å². The maximum atomic E-state index is 12.5. The topological polar surface area (TPSA) is 112 Å². The van der Waals surface area contributed by atoms with E-state index in [0.29, 0.717) is 28.2 Å². The molecule has 2 aromatic rings. The molecule has 0 atom stereocenters. The van der Waals surface area contributed by atoms with Gasteiger partial charge in [-0.05, 0) is 31.7 Å². The number of carbonyl (C=O) groups excluding carboxylic acids is 2. The molecule has 0 saturated heterocycles. The molecule has 2 heterocycles. The van der Waals surface area contributed by atoms with Crippen molar-refractivity contribution in [3.63, 3.8) is 0 Å². The van der Waals surface area contributed by atoms with Crippen LogP contribution < -0.4 is 11.2 Å². The maximum Gasteiger partial charge on any atom is 0.341 e. The van der Waals surface area contributed by atoms with Crippen LogP contribution in [0, 0.1) is 0 Å². The van der Waals surface area contributed by atoms with Gasteiger partial charge in [-0.3, -0.25) is 4.79 Å². The van der Waals surface area contributed by atoms with Gasteiger partial charge in [0.15, 0.2) is 5.82 Å². The smallest absolute Gasteiger partial charge is 0.341 e. The molecule has 10 heteroatoms. The lowest BCUT2D eigenvalue weighted by Gasteiger charge is -2.16. The minimum atomic E-state index is -0.374. The number of ether oxygens (including phenoxy) is 1. The molecular formula is C18H25N5O3S2. The first-order valence-electron chi connectivity index (χ1n) is 9.17. The highest BCUT2D eigenvalue weighted by Crippen LogP contribution is 2.39. The molecule has 152 valence electrons. The quantitative estimate of drug-likeness (QED) is 0.417. The third kappa shape index (κ3) is 4.17. The van der Waals surface area contributed by atoms with Gasteiger partial charge in [0.05, 0.1) is 17.9 Å². The fourth-order valence-electron chi connectivity index (χ4n) is 3.09. The Bertz CT molecular complexity index is 898. The first-order valence-corrected chi connectivity index (χ1v) is 11.0. The number of esters is 1. The molecule has 3 N–H and O–H groups in total. The number of rotatable bonds is 6. The van der Waals surface area contributed by atoms with Crippen LogP contribution in [0.25, 0.3) is 0 Å². The van der Waals surface area contributed by atoms with Crippen LogP contribution in [0.3, 0.4) is 0 Å². The van der Waals surface area contributed by atoms with Crippen molar-refractivity contribution in [2.24, 2.45) is 0 Å². The Morgan fingerprint density at radius 2 is 2.07 bits per heavy atom. The Morgan fingerprint density at radius 3 is 2.71 bits per heavy atom. The lowest BCUT2D eigenvalue weighted by Crippen LogP contribution is -2.24. The second-order valence-corrected chi connectivity index (χ2v) is 9.59. The number of fused-ring (bicyclic) bond motifs is 1. The number of anilines is 1. The number of hydrogen-bond donors (Lipinski definition) is 2. The van der Waals surface area contributed by atoms with E-state index in [9.17, 15) is 9.59 Å². The van der Waals surface area contributed by atoms with Crippen LogP contribution in [0.1, 0.15) is 60.7 Å². The zero-order valence-electron chi connectivity index (χ0n) is 16.5. The van der Waals surface area contributed by atoms with Gasteiger partial charge in [-0.2, -0.15) is 0 Å². The maximum absolute atomic E-state index is 12.5. The summed E-state index contributed by atoms with van der Waals surface area (Å²) in [6, 6.07) is 0. The molecule has 1 aliphatic rings. The highest BCUT2D eigenvalue weighted by Gasteiger charge is 2.28. The average Bonchev–Trinajstić information content (AvgIpc) is 3.26. The van der Waals surface area contributed by atoms with Gasteiger partial charge in [0.2, 0.25) is 11.1 Å². The number of nitrogen functional groups attached to an aromatic ring is 1. The van der Waals surface area contributed by atoms with Gasteiger partial charge in [0.25, 0.3) is 0 Å². The molecule has 0 aromatic carbocycles. The lowest BCUT2D eigenvalue weighted by molar-refractivity contribution is -0.113. The van der Waals surface area contributed by atoms with E-state index in [0.717, 1.165) is 29.7 Å². The molecule has 1 aliphatic carbocycles.